The molecule has 25 heavy (non-hydrogen) atoms. The molecule has 0 saturated carbocycles. The van der Waals surface area contributed by atoms with Crippen molar-refractivity contribution in [3.63, 3.8) is 0 Å². The topological polar surface area (TPSA) is 84.7 Å². The summed E-state index contributed by atoms with van der Waals surface area (Å²) in [5.41, 5.74) is 6.67. The minimum atomic E-state index is -0.540. The Balaban J connectivity index is 1.64. The summed E-state index contributed by atoms with van der Waals surface area (Å²) in [6, 6.07) is 9.29. The van der Waals surface area contributed by atoms with Crippen molar-refractivity contribution < 1.29 is 14.3 Å². The second kappa shape index (κ2) is 7.87. The Bertz CT molecular complexity index is 594. The third-order valence-electron chi connectivity index (χ3n) is 5.52. The predicted molar refractivity (Wildman–Crippen MR) is 95.0 cm³/mol. The first-order chi connectivity index (χ1) is 12.1. The smallest absolute Gasteiger partial charge is 0.318 e. The van der Waals surface area contributed by atoms with E-state index in [4.69, 9.17) is 10.5 Å². The minimum absolute atomic E-state index is 0.190. The van der Waals surface area contributed by atoms with Gasteiger partial charge in [-0.3, -0.25) is 4.79 Å². The summed E-state index contributed by atoms with van der Waals surface area (Å²) >= 11 is 0. The zero-order valence-electron chi connectivity index (χ0n) is 14.6. The van der Waals surface area contributed by atoms with Crippen LogP contribution in [0, 0.1) is 5.41 Å². The highest BCUT2D eigenvalue weighted by Gasteiger charge is 2.49. The summed E-state index contributed by atoms with van der Waals surface area (Å²) in [6.07, 6.45) is 4.16. The van der Waals surface area contributed by atoms with Crippen LogP contribution in [-0.2, 0) is 16.0 Å². The van der Waals surface area contributed by atoms with Crippen molar-refractivity contribution in [2.24, 2.45) is 11.1 Å². The van der Waals surface area contributed by atoms with Gasteiger partial charge in [-0.25, -0.2) is 4.79 Å². The number of amides is 3. The van der Waals surface area contributed by atoms with Crippen LogP contribution >= 0.6 is 0 Å². The molecular formula is C19H27N3O3. The first-order valence-corrected chi connectivity index (χ1v) is 9.08. The maximum Gasteiger partial charge on any atom is 0.318 e. The van der Waals surface area contributed by atoms with Gasteiger partial charge in [-0.05, 0) is 37.7 Å². The van der Waals surface area contributed by atoms with E-state index in [9.17, 15) is 9.59 Å². The molecule has 2 aliphatic rings. The van der Waals surface area contributed by atoms with E-state index in [1.807, 2.05) is 30.3 Å². The van der Waals surface area contributed by atoms with Crippen LogP contribution in [0.4, 0.5) is 4.79 Å². The maximum absolute atomic E-state index is 12.7. The first kappa shape index (κ1) is 17.7. The number of primary amides is 1. The minimum Gasteiger partial charge on any atom is -0.381 e. The zero-order valence-corrected chi connectivity index (χ0v) is 14.6. The van der Waals surface area contributed by atoms with E-state index >= 15 is 0 Å². The van der Waals surface area contributed by atoms with Crippen molar-refractivity contribution in [3.05, 3.63) is 35.9 Å². The Morgan fingerprint density at radius 2 is 1.92 bits per heavy atom. The van der Waals surface area contributed by atoms with E-state index in [2.05, 4.69) is 5.32 Å². The number of ether oxygens (including phenoxy) is 1. The fourth-order valence-electron chi connectivity index (χ4n) is 4.23. The Labute approximate surface area is 148 Å². The van der Waals surface area contributed by atoms with Gasteiger partial charge in [-0.15, -0.1) is 0 Å². The number of rotatable bonds is 4. The lowest BCUT2D eigenvalue weighted by molar-refractivity contribution is -0.134. The van der Waals surface area contributed by atoms with Crippen LogP contribution in [0.3, 0.4) is 0 Å². The average Bonchev–Trinajstić information content (AvgIpc) is 2.62. The number of hydrogen-bond acceptors (Lipinski definition) is 3. The molecule has 3 amide bonds. The molecule has 0 aromatic heterocycles. The molecule has 1 atom stereocenters. The number of carbonyl (C=O) groups excluding carboxylic acids is 2. The van der Waals surface area contributed by atoms with Gasteiger partial charge in [0.25, 0.3) is 0 Å². The Morgan fingerprint density at radius 3 is 2.60 bits per heavy atom. The third kappa shape index (κ3) is 3.95. The molecule has 3 rings (SSSR count). The van der Waals surface area contributed by atoms with Crippen molar-refractivity contribution in [1.29, 1.82) is 0 Å². The third-order valence-corrected chi connectivity index (χ3v) is 5.52. The molecule has 1 spiro atoms. The van der Waals surface area contributed by atoms with Crippen LogP contribution in [-0.4, -0.2) is 49.2 Å². The molecule has 2 aliphatic heterocycles. The molecule has 1 aromatic rings. The van der Waals surface area contributed by atoms with E-state index < -0.39 is 11.9 Å². The van der Waals surface area contributed by atoms with Gasteiger partial charge >= 0.3 is 6.03 Å². The molecule has 2 heterocycles. The molecule has 1 aromatic carbocycles. The molecule has 3 N–H and O–H groups in total. The predicted octanol–water partition coefficient (Wildman–Crippen LogP) is 1.69. The molecule has 6 nitrogen and oxygen atoms in total. The summed E-state index contributed by atoms with van der Waals surface area (Å²) in [6.45, 7) is 2.38. The molecular weight excluding hydrogens is 318 g/mol. The monoisotopic (exact) mass is 345 g/mol. The van der Waals surface area contributed by atoms with E-state index in [1.54, 1.807) is 4.90 Å². The first-order valence-electron chi connectivity index (χ1n) is 9.08. The number of hydrogen-bond donors (Lipinski definition) is 2. The fourth-order valence-corrected chi connectivity index (χ4v) is 4.23. The van der Waals surface area contributed by atoms with Crippen molar-refractivity contribution in [2.75, 3.05) is 26.3 Å². The largest absolute Gasteiger partial charge is 0.381 e. The molecule has 0 aliphatic carbocycles. The SMILES string of the molecule is NC(=O)C1N(C(=O)NCCc2ccccc2)CCCC12CCOCC2. The van der Waals surface area contributed by atoms with E-state index in [-0.39, 0.29) is 11.4 Å². The fraction of sp³-hybridized carbons (Fsp3) is 0.579. The standard InChI is InChI=1S/C19H27N3O3/c20-17(23)16-19(9-13-25-14-10-19)8-4-12-22(16)18(24)21-11-7-15-5-2-1-3-6-15/h1-3,5-6,16H,4,7-14H2,(H2,20,23)(H,21,24). The number of nitrogens with two attached hydrogens (primary N) is 1. The lowest BCUT2D eigenvalue weighted by Crippen LogP contribution is -2.63. The highest BCUT2D eigenvalue weighted by molar-refractivity contribution is 5.87. The summed E-state index contributed by atoms with van der Waals surface area (Å²) in [7, 11) is 0. The van der Waals surface area contributed by atoms with Crippen LogP contribution in [0.25, 0.3) is 0 Å². The quantitative estimate of drug-likeness (QED) is 0.871. The summed E-state index contributed by atoms with van der Waals surface area (Å²) in [5.74, 6) is -0.403. The zero-order chi connectivity index (χ0) is 17.7. The summed E-state index contributed by atoms with van der Waals surface area (Å²) in [5, 5.41) is 2.96. The molecule has 2 fully saturated rings. The maximum atomic E-state index is 12.7. The van der Waals surface area contributed by atoms with Gasteiger partial charge in [0.05, 0.1) is 0 Å². The Kier molecular flexibility index (Phi) is 5.58. The van der Waals surface area contributed by atoms with Crippen LogP contribution in [0.2, 0.25) is 0 Å². The van der Waals surface area contributed by atoms with Gasteiger partial charge in [-0.2, -0.15) is 0 Å². The second-order valence-corrected chi connectivity index (χ2v) is 7.04. The van der Waals surface area contributed by atoms with Crippen LogP contribution in [0.5, 0.6) is 0 Å². The molecule has 0 bridgehead atoms. The lowest BCUT2D eigenvalue weighted by atomic mass is 9.67. The molecule has 1 unspecified atom stereocenters. The number of nitrogens with zero attached hydrogens (tertiary/aromatic N) is 1. The van der Waals surface area contributed by atoms with Crippen molar-refractivity contribution >= 4 is 11.9 Å². The lowest BCUT2D eigenvalue weighted by Gasteiger charge is -2.50. The van der Waals surface area contributed by atoms with E-state index in [0.717, 1.165) is 32.1 Å². The Morgan fingerprint density at radius 1 is 1.20 bits per heavy atom. The highest BCUT2D eigenvalue weighted by atomic mass is 16.5. The van der Waals surface area contributed by atoms with Crippen LogP contribution < -0.4 is 11.1 Å². The van der Waals surface area contributed by atoms with Crippen LogP contribution in [0.1, 0.15) is 31.2 Å². The van der Waals surface area contributed by atoms with Gasteiger partial charge < -0.3 is 20.7 Å². The van der Waals surface area contributed by atoms with Gasteiger partial charge in [0.15, 0.2) is 0 Å². The normalized spacial score (nSPS) is 22.6. The van der Waals surface area contributed by atoms with E-state index in [1.165, 1.54) is 5.56 Å². The van der Waals surface area contributed by atoms with Gasteiger partial charge in [0, 0.05) is 31.7 Å². The van der Waals surface area contributed by atoms with Crippen molar-refractivity contribution in [1.82, 2.24) is 10.2 Å². The summed E-state index contributed by atoms with van der Waals surface area (Å²) in [4.78, 5) is 26.6. The molecule has 6 heteroatoms. The molecule has 0 radical (unpaired) electrons. The number of likely N-dealkylation sites (tertiary alicyclic amines) is 1. The van der Waals surface area contributed by atoms with Crippen molar-refractivity contribution in [3.8, 4) is 0 Å². The van der Waals surface area contributed by atoms with E-state index in [0.29, 0.717) is 26.3 Å². The number of urea groups is 1. The van der Waals surface area contributed by atoms with Gasteiger partial charge in [-0.1, -0.05) is 30.3 Å². The van der Waals surface area contributed by atoms with Gasteiger partial charge in [0.1, 0.15) is 6.04 Å². The number of carbonyl (C=O) groups is 2. The number of piperidine rings is 1. The molecule has 2 saturated heterocycles. The number of benzene rings is 1. The molecule has 136 valence electrons. The Hall–Kier alpha value is -2.08. The van der Waals surface area contributed by atoms with Crippen molar-refractivity contribution in [2.45, 2.75) is 38.1 Å². The number of nitrogens with one attached hydrogen (secondary N) is 1. The average molecular weight is 345 g/mol. The van der Waals surface area contributed by atoms with Crippen LogP contribution in [0.15, 0.2) is 30.3 Å². The van der Waals surface area contributed by atoms with Gasteiger partial charge in [0.2, 0.25) is 5.91 Å². The second-order valence-electron chi connectivity index (χ2n) is 7.04. The highest BCUT2D eigenvalue weighted by Crippen LogP contribution is 2.44. The summed E-state index contributed by atoms with van der Waals surface area (Å²) < 4.78 is 5.46.